The summed E-state index contributed by atoms with van der Waals surface area (Å²) in [6, 6.07) is -1.87. The third kappa shape index (κ3) is 6.67. The van der Waals surface area contributed by atoms with Crippen molar-refractivity contribution >= 4 is 24.8 Å². The summed E-state index contributed by atoms with van der Waals surface area (Å²) in [5, 5.41) is 11.1. The highest BCUT2D eigenvalue weighted by Crippen LogP contribution is 2.23. The highest BCUT2D eigenvalue weighted by atomic mass is 35.5. The molecule has 0 radical (unpaired) electrons. The van der Waals surface area contributed by atoms with Gasteiger partial charge in [0.25, 0.3) is 0 Å². The van der Waals surface area contributed by atoms with Crippen LogP contribution in [0.4, 0.5) is 13.2 Å². The molecule has 0 saturated heterocycles. The maximum absolute atomic E-state index is 12.3. The van der Waals surface area contributed by atoms with E-state index in [0.29, 0.717) is 12.8 Å². The van der Waals surface area contributed by atoms with Crippen molar-refractivity contribution in [3.63, 3.8) is 0 Å². The Morgan fingerprint density at radius 1 is 1.18 bits per heavy atom. The van der Waals surface area contributed by atoms with Gasteiger partial charge < -0.3 is 16.2 Å². The number of nitrogens with one attached hydrogen (secondary N) is 1. The molecule has 0 aromatic heterocycles. The molecule has 0 bridgehead atoms. The predicted molar refractivity (Wildman–Crippen MR) is 64.8 cm³/mol. The van der Waals surface area contributed by atoms with Gasteiger partial charge in [0.2, 0.25) is 0 Å². The number of hydrogen-bond donors (Lipinski definition) is 3. The number of halogens is 5. The fraction of sp³-hybridized carbons (Fsp3) is 1.00. The van der Waals surface area contributed by atoms with Crippen LogP contribution >= 0.6 is 24.8 Å². The van der Waals surface area contributed by atoms with Crippen molar-refractivity contribution in [1.29, 1.82) is 0 Å². The smallest absolute Gasteiger partial charge is 0.394 e. The highest BCUT2D eigenvalue weighted by molar-refractivity contribution is 5.85. The SMILES string of the molecule is Cl.Cl.NC1CCC(NC(CO)C(F)(F)F)CC1. The third-order valence-corrected chi connectivity index (χ3v) is 2.79. The zero-order valence-corrected chi connectivity index (χ0v) is 10.9. The van der Waals surface area contributed by atoms with E-state index in [2.05, 4.69) is 5.32 Å². The average molecular weight is 299 g/mol. The molecular formula is C9H19Cl2F3N2O. The average Bonchev–Trinajstić information content (AvgIpc) is 2.15. The zero-order chi connectivity index (χ0) is 11.5. The molecule has 0 amide bonds. The van der Waals surface area contributed by atoms with Gasteiger partial charge in [0.1, 0.15) is 6.04 Å². The number of aliphatic hydroxyl groups is 1. The van der Waals surface area contributed by atoms with Gasteiger partial charge in [-0.25, -0.2) is 0 Å². The lowest BCUT2D eigenvalue weighted by molar-refractivity contribution is -0.166. The lowest BCUT2D eigenvalue weighted by Crippen LogP contribution is -2.51. The summed E-state index contributed by atoms with van der Waals surface area (Å²) in [6.45, 7) is -0.911. The quantitative estimate of drug-likeness (QED) is 0.742. The maximum atomic E-state index is 12.3. The molecule has 0 spiro atoms. The Hall–Kier alpha value is 0.250. The van der Waals surface area contributed by atoms with Gasteiger partial charge in [-0.3, -0.25) is 0 Å². The Kier molecular flexibility index (Phi) is 9.64. The first-order valence-corrected chi connectivity index (χ1v) is 5.12. The van der Waals surface area contributed by atoms with Gasteiger partial charge in [0.15, 0.2) is 0 Å². The standard InChI is InChI=1S/C9H17F3N2O.2ClH/c10-9(11,12)8(5-15)14-7-3-1-6(13)2-4-7;;/h6-8,14-15H,1-5,13H2;2*1H. The molecule has 106 valence electrons. The van der Waals surface area contributed by atoms with Crippen molar-refractivity contribution < 1.29 is 18.3 Å². The van der Waals surface area contributed by atoms with Crippen molar-refractivity contribution in [2.75, 3.05) is 6.61 Å². The lowest BCUT2D eigenvalue weighted by atomic mass is 9.91. The number of rotatable bonds is 3. The highest BCUT2D eigenvalue weighted by Gasteiger charge is 2.40. The van der Waals surface area contributed by atoms with Crippen LogP contribution in [0.25, 0.3) is 0 Å². The van der Waals surface area contributed by atoms with Crippen LogP contribution in [-0.2, 0) is 0 Å². The second-order valence-corrected chi connectivity index (χ2v) is 4.06. The summed E-state index contributed by atoms with van der Waals surface area (Å²) >= 11 is 0. The Bertz CT molecular complexity index is 199. The van der Waals surface area contributed by atoms with E-state index in [-0.39, 0.29) is 36.9 Å². The number of alkyl halides is 3. The van der Waals surface area contributed by atoms with E-state index >= 15 is 0 Å². The van der Waals surface area contributed by atoms with Gasteiger partial charge in [-0.2, -0.15) is 13.2 Å². The van der Waals surface area contributed by atoms with Crippen LogP contribution in [0.5, 0.6) is 0 Å². The van der Waals surface area contributed by atoms with E-state index in [1.54, 1.807) is 0 Å². The van der Waals surface area contributed by atoms with Crippen LogP contribution in [0.3, 0.4) is 0 Å². The first-order chi connectivity index (χ1) is 6.93. The van der Waals surface area contributed by atoms with Gasteiger partial charge in [0.05, 0.1) is 6.61 Å². The van der Waals surface area contributed by atoms with Gasteiger partial charge in [-0.15, -0.1) is 24.8 Å². The van der Waals surface area contributed by atoms with Crippen molar-refractivity contribution in [2.24, 2.45) is 5.73 Å². The Morgan fingerprint density at radius 3 is 2.00 bits per heavy atom. The normalized spacial score (nSPS) is 26.6. The number of nitrogens with two attached hydrogens (primary N) is 1. The van der Waals surface area contributed by atoms with E-state index in [4.69, 9.17) is 10.8 Å². The van der Waals surface area contributed by atoms with Crippen molar-refractivity contribution in [1.82, 2.24) is 5.32 Å². The van der Waals surface area contributed by atoms with Crippen LogP contribution in [0.1, 0.15) is 25.7 Å². The summed E-state index contributed by atoms with van der Waals surface area (Å²) in [6.07, 6.45) is -1.60. The fourth-order valence-electron chi connectivity index (χ4n) is 1.82. The van der Waals surface area contributed by atoms with E-state index in [0.717, 1.165) is 12.8 Å². The maximum Gasteiger partial charge on any atom is 0.406 e. The van der Waals surface area contributed by atoms with E-state index in [9.17, 15) is 13.2 Å². The minimum absolute atomic E-state index is 0. The first-order valence-electron chi connectivity index (χ1n) is 5.12. The third-order valence-electron chi connectivity index (χ3n) is 2.79. The Morgan fingerprint density at radius 2 is 1.65 bits per heavy atom. The molecule has 1 aliphatic carbocycles. The molecule has 0 heterocycles. The van der Waals surface area contributed by atoms with E-state index in [1.807, 2.05) is 0 Å². The van der Waals surface area contributed by atoms with Gasteiger partial charge >= 0.3 is 6.18 Å². The van der Waals surface area contributed by atoms with Crippen molar-refractivity contribution in [2.45, 2.75) is 50.0 Å². The first kappa shape index (κ1) is 19.6. The Balaban J connectivity index is 0. The van der Waals surface area contributed by atoms with Crippen molar-refractivity contribution in [3.05, 3.63) is 0 Å². The van der Waals surface area contributed by atoms with Crippen LogP contribution in [-0.4, -0.2) is 36.0 Å². The summed E-state index contributed by atoms with van der Waals surface area (Å²) < 4.78 is 36.9. The van der Waals surface area contributed by atoms with Crippen LogP contribution in [0.2, 0.25) is 0 Å². The monoisotopic (exact) mass is 298 g/mol. The van der Waals surface area contributed by atoms with Crippen LogP contribution < -0.4 is 11.1 Å². The second kappa shape index (κ2) is 8.37. The minimum atomic E-state index is -4.38. The lowest BCUT2D eigenvalue weighted by Gasteiger charge is -2.30. The number of aliphatic hydroxyl groups excluding tert-OH is 1. The Labute approximate surface area is 111 Å². The molecule has 0 aliphatic heterocycles. The molecule has 1 unspecified atom stereocenters. The van der Waals surface area contributed by atoms with Gasteiger partial charge in [-0.05, 0) is 25.7 Å². The molecule has 1 fully saturated rings. The van der Waals surface area contributed by atoms with E-state index < -0.39 is 18.8 Å². The molecule has 1 aliphatic rings. The molecule has 0 aromatic carbocycles. The van der Waals surface area contributed by atoms with Gasteiger partial charge in [-0.1, -0.05) is 0 Å². The molecule has 3 nitrogen and oxygen atoms in total. The molecule has 1 saturated carbocycles. The van der Waals surface area contributed by atoms with E-state index in [1.165, 1.54) is 0 Å². The molecule has 4 N–H and O–H groups in total. The molecule has 1 atom stereocenters. The van der Waals surface area contributed by atoms with Crippen LogP contribution in [0.15, 0.2) is 0 Å². The minimum Gasteiger partial charge on any atom is -0.394 e. The predicted octanol–water partition coefficient (Wildman–Crippen LogP) is 1.61. The summed E-state index contributed by atoms with van der Waals surface area (Å²) in [7, 11) is 0. The molecule has 1 rings (SSSR count). The largest absolute Gasteiger partial charge is 0.406 e. The van der Waals surface area contributed by atoms with Gasteiger partial charge in [0, 0.05) is 12.1 Å². The fourth-order valence-corrected chi connectivity index (χ4v) is 1.82. The molecule has 0 aromatic rings. The topological polar surface area (TPSA) is 58.3 Å². The summed E-state index contributed by atoms with van der Waals surface area (Å²) in [4.78, 5) is 0. The summed E-state index contributed by atoms with van der Waals surface area (Å²) in [5.41, 5.74) is 5.65. The second-order valence-electron chi connectivity index (χ2n) is 4.06. The number of hydrogen-bond acceptors (Lipinski definition) is 3. The summed E-state index contributed by atoms with van der Waals surface area (Å²) in [5.74, 6) is 0. The van der Waals surface area contributed by atoms with Crippen molar-refractivity contribution in [3.8, 4) is 0 Å². The van der Waals surface area contributed by atoms with Crippen LogP contribution in [0, 0.1) is 0 Å². The molecular weight excluding hydrogens is 280 g/mol. The molecule has 8 heteroatoms. The molecule has 17 heavy (non-hydrogen) atoms. The zero-order valence-electron chi connectivity index (χ0n) is 9.24.